The lowest BCUT2D eigenvalue weighted by molar-refractivity contribution is -0.125. The van der Waals surface area contributed by atoms with Crippen molar-refractivity contribution in [3.05, 3.63) is 69.9 Å². The van der Waals surface area contributed by atoms with Crippen molar-refractivity contribution in [2.45, 2.75) is 0 Å². The highest BCUT2D eigenvalue weighted by atomic mass is 79.9. The molecule has 124 valence electrons. The van der Waals surface area contributed by atoms with Gasteiger partial charge in [0.05, 0.1) is 5.56 Å². The molecule has 2 rings (SSSR count). The van der Waals surface area contributed by atoms with Crippen LogP contribution in [0.4, 0.5) is 4.39 Å². The van der Waals surface area contributed by atoms with Crippen molar-refractivity contribution in [2.75, 3.05) is 6.61 Å². The highest BCUT2D eigenvalue weighted by Gasteiger charge is 2.14. The van der Waals surface area contributed by atoms with E-state index in [1.807, 2.05) is 0 Å². The van der Waals surface area contributed by atoms with Crippen molar-refractivity contribution in [2.24, 2.45) is 0 Å². The third kappa shape index (κ3) is 4.88. The maximum atomic E-state index is 13.0. The lowest BCUT2D eigenvalue weighted by Gasteiger charge is -2.08. The molecule has 0 spiro atoms. The predicted octanol–water partition coefficient (Wildman–Crippen LogP) is 2.21. The van der Waals surface area contributed by atoms with Gasteiger partial charge in [-0.25, -0.2) is 9.18 Å². The standard InChI is InChI=1S/C16H12BrFN2O4/c17-13-8-11(18)6-7-12(13)16(23)24-9-14(21)19-20-15(22)10-4-2-1-3-5-10/h1-8H,9H2,(H,19,21)(H,20,22). The monoisotopic (exact) mass is 394 g/mol. The zero-order chi connectivity index (χ0) is 17.5. The second kappa shape index (κ2) is 8.21. The molecule has 2 aromatic carbocycles. The molecule has 2 amide bonds. The van der Waals surface area contributed by atoms with E-state index in [0.29, 0.717) is 5.56 Å². The average Bonchev–Trinajstić information content (AvgIpc) is 2.58. The summed E-state index contributed by atoms with van der Waals surface area (Å²) in [5, 5.41) is 0. The number of halogens is 2. The van der Waals surface area contributed by atoms with Gasteiger partial charge in [-0.3, -0.25) is 20.4 Å². The second-order valence-corrected chi connectivity index (χ2v) is 5.42. The van der Waals surface area contributed by atoms with Crippen LogP contribution in [0.2, 0.25) is 0 Å². The van der Waals surface area contributed by atoms with Crippen molar-refractivity contribution >= 4 is 33.7 Å². The Labute approximate surface area is 145 Å². The zero-order valence-corrected chi connectivity index (χ0v) is 13.8. The first kappa shape index (κ1) is 17.6. The van der Waals surface area contributed by atoms with E-state index in [1.165, 1.54) is 6.07 Å². The zero-order valence-electron chi connectivity index (χ0n) is 12.2. The Hall–Kier alpha value is -2.74. The minimum atomic E-state index is -0.800. The molecule has 0 aliphatic heterocycles. The minimum absolute atomic E-state index is 0.0810. The molecule has 0 radical (unpaired) electrons. The number of benzene rings is 2. The molecule has 0 unspecified atom stereocenters. The number of esters is 1. The number of carbonyl (C=O) groups is 3. The summed E-state index contributed by atoms with van der Waals surface area (Å²) in [4.78, 5) is 35.1. The molecule has 0 fully saturated rings. The van der Waals surface area contributed by atoms with E-state index < -0.39 is 30.2 Å². The van der Waals surface area contributed by atoms with Crippen LogP contribution in [0.3, 0.4) is 0 Å². The summed E-state index contributed by atoms with van der Waals surface area (Å²) in [7, 11) is 0. The SMILES string of the molecule is O=C(COC(=O)c1ccc(F)cc1Br)NNC(=O)c1ccccc1. The largest absolute Gasteiger partial charge is 0.452 e. The number of amides is 2. The van der Waals surface area contributed by atoms with Crippen LogP contribution in [0.5, 0.6) is 0 Å². The van der Waals surface area contributed by atoms with Crippen LogP contribution in [0.25, 0.3) is 0 Å². The Morgan fingerprint density at radius 3 is 2.42 bits per heavy atom. The van der Waals surface area contributed by atoms with E-state index in [-0.39, 0.29) is 10.0 Å². The van der Waals surface area contributed by atoms with Gasteiger partial charge in [-0.1, -0.05) is 18.2 Å². The Balaban J connectivity index is 1.80. The fraction of sp³-hybridized carbons (Fsp3) is 0.0625. The van der Waals surface area contributed by atoms with E-state index in [9.17, 15) is 18.8 Å². The first-order valence-corrected chi connectivity index (χ1v) is 7.53. The highest BCUT2D eigenvalue weighted by molar-refractivity contribution is 9.10. The van der Waals surface area contributed by atoms with Gasteiger partial charge in [0.15, 0.2) is 6.61 Å². The van der Waals surface area contributed by atoms with Crippen LogP contribution in [0.1, 0.15) is 20.7 Å². The van der Waals surface area contributed by atoms with E-state index >= 15 is 0 Å². The number of nitrogens with one attached hydrogen (secondary N) is 2. The van der Waals surface area contributed by atoms with Gasteiger partial charge in [-0.2, -0.15) is 0 Å². The number of rotatable bonds is 4. The third-order valence-electron chi connectivity index (χ3n) is 2.84. The van der Waals surface area contributed by atoms with Gasteiger partial charge in [0.2, 0.25) is 0 Å². The predicted molar refractivity (Wildman–Crippen MR) is 86.4 cm³/mol. The van der Waals surface area contributed by atoms with E-state index in [2.05, 4.69) is 26.8 Å². The Morgan fingerprint density at radius 1 is 1.04 bits per heavy atom. The molecule has 6 nitrogen and oxygen atoms in total. The number of hydrazine groups is 1. The maximum Gasteiger partial charge on any atom is 0.339 e. The number of hydrogen-bond donors (Lipinski definition) is 2. The molecule has 8 heteroatoms. The van der Waals surface area contributed by atoms with Gasteiger partial charge in [0, 0.05) is 10.0 Å². The van der Waals surface area contributed by atoms with Crippen molar-refractivity contribution < 1.29 is 23.5 Å². The van der Waals surface area contributed by atoms with E-state index in [1.54, 1.807) is 30.3 Å². The summed E-state index contributed by atoms with van der Waals surface area (Å²) in [6.45, 7) is -0.599. The van der Waals surface area contributed by atoms with Crippen LogP contribution in [0, 0.1) is 5.82 Å². The van der Waals surface area contributed by atoms with Gasteiger partial charge in [0.1, 0.15) is 5.82 Å². The minimum Gasteiger partial charge on any atom is -0.452 e. The van der Waals surface area contributed by atoms with Crippen molar-refractivity contribution in [3.8, 4) is 0 Å². The van der Waals surface area contributed by atoms with Crippen LogP contribution in [-0.2, 0) is 9.53 Å². The summed E-state index contributed by atoms with van der Waals surface area (Å²) >= 11 is 3.03. The lowest BCUT2D eigenvalue weighted by Crippen LogP contribution is -2.43. The Bertz CT molecular complexity index is 768. The van der Waals surface area contributed by atoms with Crippen molar-refractivity contribution in [3.63, 3.8) is 0 Å². The molecule has 0 saturated heterocycles. The topological polar surface area (TPSA) is 84.5 Å². The molecule has 0 atom stereocenters. The number of carbonyl (C=O) groups excluding carboxylic acids is 3. The molecule has 2 N–H and O–H groups in total. The molecule has 0 aliphatic rings. The van der Waals surface area contributed by atoms with Gasteiger partial charge in [-0.05, 0) is 46.3 Å². The summed E-state index contributed by atoms with van der Waals surface area (Å²) in [6, 6.07) is 11.7. The molecule has 0 aromatic heterocycles. The van der Waals surface area contributed by atoms with Crippen LogP contribution < -0.4 is 10.9 Å². The first-order chi connectivity index (χ1) is 11.5. The molecular formula is C16H12BrFN2O4. The van der Waals surface area contributed by atoms with Gasteiger partial charge < -0.3 is 4.74 Å². The fourth-order valence-corrected chi connectivity index (χ4v) is 2.20. The molecule has 0 heterocycles. The molecule has 0 saturated carbocycles. The fourth-order valence-electron chi connectivity index (χ4n) is 1.69. The molecule has 24 heavy (non-hydrogen) atoms. The maximum absolute atomic E-state index is 13.0. The summed E-state index contributed by atoms with van der Waals surface area (Å²) in [6.07, 6.45) is 0. The third-order valence-corrected chi connectivity index (χ3v) is 3.49. The Kier molecular flexibility index (Phi) is 6.02. The normalized spacial score (nSPS) is 9.92. The summed E-state index contributed by atoms with van der Waals surface area (Å²) < 4.78 is 18.0. The van der Waals surface area contributed by atoms with Crippen LogP contribution >= 0.6 is 15.9 Å². The molecular weight excluding hydrogens is 383 g/mol. The lowest BCUT2D eigenvalue weighted by atomic mass is 10.2. The Morgan fingerprint density at radius 2 is 1.75 bits per heavy atom. The van der Waals surface area contributed by atoms with Crippen molar-refractivity contribution in [1.29, 1.82) is 0 Å². The quantitative estimate of drug-likeness (QED) is 0.614. The van der Waals surface area contributed by atoms with Crippen LogP contribution in [0.15, 0.2) is 53.0 Å². The first-order valence-electron chi connectivity index (χ1n) is 6.74. The van der Waals surface area contributed by atoms with Gasteiger partial charge in [0.25, 0.3) is 11.8 Å². The van der Waals surface area contributed by atoms with E-state index in [0.717, 1.165) is 12.1 Å². The molecule has 2 aromatic rings. The van der Waals surface area contributed by atoms with Gasteiger partial charge >= 0.3 is 5.97 Å². The van der Waals surface area contributed by atoms with Gasteiger partial charge in [-0.15, -0.1) is 0 Å². The smallest absolute Gasteiger partial charge is 0.339 e. The number of hydrogen-bond acceptors (Lipinski definition) is 4. The average molecular weight is 395 g/mol. The second-order valence-electron chi connectivity index (χ2n) is 4.57. The summed E-state index contributed by atoms with van der Waals surface area (Å²) in [5.41, 5.74) is 4.76. The molecule has 0 aliphatic carbocycles. The van der Waals surface area contributed by atoms with Crippen molar-refractivity contribution in [1.82, 2.24) is 10.9 Å². The highest BCUT2D eigenvalue weighted by Crippen LogP contribution is 2.18. The number of ether oxygens (including phenoxy) is 1. The van der Waals surface area contributed by atoms with Crippen LogP contribution in [-0.4, -0.2) is 24.4 Å². The summed E-state index contributed by atoms with van der Waals surface area (Å²) in [5.74, 6) is -2.53. The van der Waals surface area contributed by atoms with E-state index in [4.69, 9.17) is 4.74 Å². The molecule has 0 bridgehead atoms.